The minimum absolute atomic E-state index is 0.258. The van der Waals surface area contributed by atoms with E-state index in [0.717, 1.165) is 11.3 Å². The topological polar surface area (TPSA) is 79.6 Å². The molecule has 3 rings (SSSR count). The largest absolute Gasteiger partial charge is 0.378 e. The lowest BCUT2D eigenvalue weighted by atomic mass is 10.2. The summed E-state index contributed by atoms with van der Waals surface area (Å²) in [4.78, 5) is 31.1. The second-order valence-corrected chi connectivity index (χ2v) is 6.37. The van der Waals surface area contributed by atoms with Gasteiger partial charge in [-0.1, -0.05) is 24.3 Å². The number of nitrogens with zero attached hydrogens (tertiary/aromatic N) is 4. The van der Waals surface area contributed by atoms with Crippen LogP contribution in [0.5, 0.6) is 0 Å². The Morgan fingerprint density at radius 3 is 2.59 bits per heavy atom. The SMILES string of the molecule is C[C@@H](C(=O)N/N=C\c1ccc(N(C)C)cc1)n1cnc2ccccc2c1=O. The average molecular weight is 363 g/mol. The van der Waals surface area contributed by atoms with Crippen molar-refractivity contribution in [3.8, 4) is 0 Å². The summed E-state index contributed by atoms with van der Waals surface area (Å²) in [5, 5.41) is 4.46. The lowest BCUT2D eigenvalue weighted by Crippen LogP contribution is -2.33. The molecule has 2 aromatic carbocycles. The maximum atomic E-state index is 12.6. The Labute approximate surface area is 157 Å². The predicted octanol–water partition coefficient (Wildman–Crippen LogP) is 2.17. The molecule has 138 valence electrons. The van der Waals surface area contributed by atoms with Crippen LogP contribution in [0, 0.1) is 0 Å². The fourth-order valence-electron chi connectivity index (χ4n) is 2.61. The summed E-state index contributed by atoms with van der Waals surface area (Å²) in [5.41, 5.74) is 4.76. The Kier molecular flexibility index (Phi) is 5.30. The van der Waals surface area contributed by atoms with E-state index in [1.807, 2.05) is 49.3 Å². The first kappa shape index (κ1) is 18.3. The van der Waals surface area contributed by atoms with Crippen molar-refractivity contribution < 1.29 is 4.79 Å². The van der Waals surface area contributed by atoms with Crippen LogP contribution in [0.25, 0.3) is 10.9 Å². The van der Waals surface area contributed by atoms with E-state index in [2.05, 4.69) is 15.5 Å². The zero-order chi connectivity index (χ0) is 19.4. The summed E-state index contributed by atoms with van der Waals surface area (Å²) in [7, 11) is 3.93. The summed E-state index contributed by atoms with van der Waals surface area (Å²) < 4.78 is 1.30. The van der Waals surface area contributed by atoms with Gasteiger partial charge in [-0.15, -0.1) is 0 Å². The molecule has 7 nitrogen and oxygen atoms in total. The molecule has 1 atom stereocenters. The second kappa shape index (κ2) is 7.82. The molecule has 0 aliphatic heterocycles. The van der Waals surface area contributed by atoms with Crippen LogP contribution >= 0.6 is 0 Å². The van der Waals surface area contributed by atoms with E-state index < -0.39 is 11.9 Å². The molecule has 3 aromatic rings. The smallest absolute Gasteiger partial charge is 0.262 e. The number of carbonyl (C=O) groups is 1. The number of benzene rings is 2. The number of aromatic nitrogens is 2. The molecule has 0 unspecified atom stereocenters. The summed E-state index contributed by atoms with van der Waals surface area (Å²) >= 11 is 0. The maximum absolute atomic E-state index is 12.6. The number of hydrogen-bond donors (Lipinski definition) is 1. The number of para-hydroxylation sites is 1. The summed E-state index contributed by atoms with van der Waals surface area (Å²) in [5.74, 6) is -0.393. The standard InChI is InChI=1S/C20H21N5O2/c1-14(25-13-21-18-7-5-4-6-17(18)20(25)27)19(26)23-22-12-15-8-10-16(11-9-15)24(2)3/h4-14H,1-3H3,(H,23,26)/b22-12-/t14-/m0/s1. The first-order valence-electron chi connectivity index (χ1n) is 8.53. The normalized spacial score (nSPS) is 12.3. The number of fused-ring (bicyclic) bond motifs is 1. The fraction of sp³-hybridized carbons (Fsp3) is 0.200. The van der Waals surface area contributed by atoms with Gasteiger partial charge >= 0.3 is 0 Å². The van der Waals surface area contributed by atoms with Crippen molar-refractivity contribution in [3.63, 3.8) is 0 Å². The van der Waals surface area contributed by atoms with Crippen LogP contribution in [0.3, 0.4) is 0 Å². The van der Waals surface area contributed by atoms with E-state index in [4.69, 9.17) is 0 Å². The van der Waals surface area contributed by atoms with E-state index in [1.165, 1.54) is 10.9 Å². The Bertz CT molecular complexity index is 1040. The molecule has 0 radical (unpaired) electrons. The number of rotatable bonds is 5. The number of carbonyl (C=O) groups excluding carboxylic acids is 1. The minimum Gasteiger partial charge on any atom is -0.378 e. The third-order valence-electron chi connectivity index (χ3n) is 4.28. The molecule has 1 heterocycles. The molecule has 0 bridgehead atoms. The predicted molar refractivity (Wildman–Crippen MR) is 107 cm³/mol. The van der Waals surface area contributed by atoms with Crippen molar-refractivity contribution in [2.75, 3.05) is 19.0 Å². The molecule has 0 fully saturated rings. The fourth-order valence-corrected chi connectivity index (χ4v) is 2.61. The van der Waals surface area contributed by atoms with Gasteiger partial charge in [-0.05, 0) is 36.8 Å². The average Bonchev–Trinajstić information content (AvgIpc) is 2.68. The molecule has 0 aliphatic rings. The van der Waals surface area contributed by atoms with Crippen molar-refractivity contribution in [1.29, 1.82) is 0 Å². The number of hydrogen-bond acceptors (Lipinski definition) is 5. The van der Waals surface area contributed by atoms with Crippen molar-refractivity contribution in [2.24, 2.45) is 5.10 Å². The zero-order valence-corrected chi connectivity index (χ0v) is 15.5. The molecule has 27 heavy (non-hydrogen) atoms. The zero-order valence-electron chi connectivity index (χ0n) is 15.5. The summed E-state index contributed by atoms with van der Waals surface area (Å²) in [6.45, 7) is 1.63. The lowest BCUT2D eigenvalue weighted by molar-refractivity contribution is -0.123. The molecule has 7 heteroatoms. The highest BCUT2D eigenvalue weighted by Crippen LogP contribution is 2.11. The van der Waals surface area contributed by atoms with Gasteiger partial charge in [-0.2, -0.15) is 5.10 Å². The van der Waals surface area contributed by atoms with E-state index >= 15 is 0 Å². The van der Waals surface area contributed by atoms with E-state index in [1.54, 1.807) is 31.3 Å². The van der Waals surface area contributed by atoms with Crippen molar-refractivity contribution in [2.45, 2.75) is 13.0 Å². The van der Waals surface area contributed by atoms with Gasteiger partial charge in [0, 0.05) is 19.8 Å². The molecular weight excluding hydrogens is 342 g/mol. The highest BCUT2D eigenvalue weighted by molar-refractivity contribution is 5.84. The number of anilines is 1. The minimum atomic E-state index is -0.733. The van der Waals surface area contributed by atoms with Crippen molar-refractivity contribution >= 4 is 28.7 Å². The Morgan fingerprint density at radius 2 is 1.89 bits per heavy atom. The molecule has 1 amide bonds. The van der Waals surface area contributed by atoms with Crippen LogP contribution in [0.15, 0.2) is 64.8 Å². The highest BCUT2D eigenvalue weighted by Gasteiger charge is 2.17. The number of amides is 1. The molecule has 1 aromatic heterocycles. The van der Waals surface area contributed by atoms with Crippen molar-refractivity contribution in [1.82, 2.24) is 15.0 Å². The van der Waals surface area contributed by atoms with E-state index in [9.17, 15) is 9.59 Å². The van der Waals surface area contributed by atoms with Crippen LogP contribution in [0.1, 0.15) is 18.5 Å². The first-order valence-corrected chi connectivity index (χ1v) is 8.53. The number of nitrogens with one attached hydrogen (secondary N) is 1. The lowest BCUT2D eigenvalue weighted by Gasteiger charge is -2.13. The Morgan fingerprint density at radius 1 is 1.19 bits per heavy atom. The third kappa shape index (κ3) is 4.03. The Hall–Kier alpha value is -3.48. The van der Waals surface area contributed by atoms with Gasteiger partial charge in [-0.25, -0.2) is 10.4 Å². The molecule has 0 spiro atoms. The number of hydrazone groups is 1. The third-order valence-corrected chi connectivity index (χ3v) is 4.28. The van der Waals surface area contributed by atoms with E-state index in [0.29, 0.717) is 10.9 Å². The van der Waals surface area contributed by atoms with Crippen LogP contribution < -0.4 is 15.9 Å². The van der Waals surface area contributed by atoms with Gasteiger partial charge in [-0.3, -0.25) is 14.2 Å². The van der Waals surface area contributed by atoms with Gasteiger partial charge in [0.25, 0.3) is 11.5 Å². The van der Waals surface area contributed by atoms with Gasteiger partial charge in [0.15, 0.2) is 0 Å². The summed E-state index contributed by atoms with van der Waals surface area (Å²) in [6.07, 6.45) is 2.95. The molecule has 1 N–H and O–H groups in total. The van der Waals surface area contributed by atoms with Gasteiger partial charge in [0.1, 0.15) is 6.04 Å². The van der Waals surface area contributed by atoms with E-state index in [-0.39, 0.29) is 5.56 Å². The van der Waals surface area contributed by atoms with Crippen LogP contribution in [0.4, 0.5) is 5.69 Å². The first-order chi connectivity index (χ1) is 13.0. The van der Waals surface area contributed by atoms with Crippen LogP contribution in [-0.4, -0.2) is 35.8 Å². The molecule has 0 saturated heterocycles. The Balaban J connectivity index is 1.71. The second-order valence-electron chi connectivity index (χ2n) is 6.37. The summed E-state index contributed by atoms with van der Waals surface area (Å²) in [6, 6.07) is 14.1. The molecule has 0 aliphatic carbocycles. The van der Waals surface area contributed by atoms with Gasteiger partial charge in [0.05, 0.1) is 23.4 Å². The monoisotopic (exact) mass is 363 g/mol. The highest BCUT2D eigenvalue weighted by atomic mass is 16.2. The molecule has 0 saturated carbocycles. The van der Waals surface area contributed by atoms with Crippen LogP contribution in [0.2, 0.25) is 0 Å². The maximum Gasteiger partial charge on any atom is 0.262 e. The van der Waals surface area contributed by atoms with Crippen molar-refractivity contribution in [3.05, 3.63) is 70.8 Å². The van der Waals surface area contributed by atoms with Crippen LogP contribution in [-0.2, 0) is 4.79 Å². The van der Waals surface area contributed by atoms with Gasteiger partial charge in [0.2, 0.25) is 0 Å². The quantitative estimate of drug-likeness (QED) is 0.557. The van der Waals surface area contributed by atoms with Gasteiger partial charge < -0.3 is 4.90 Å². The molecular formula is C20H21N5O2.